The molecule has 0 bridgehead atoms. The van der Waals surface area contributed by atoms with Crippen LogP contribution in [0.3, 0.4) is 0 Å². The first-order chi connectivity index (χ1) is 7.92. The van der Waals surface area contributed by atoms with Crippen LogP contribution in [0.1, 0.15) is 20.3 Å². The van der Waals surface area contributed by atoms with E-state index in [4.69, 9.17) is 4.84 Å². The molecule has 0 amide bonds. The molecule has 17 heavy (non-hydrogen) atoms. The number of rotatable bonds is 4. The van der Waals surface area contributed by atoms with E-state index in [1.807, 2.05) is 0 Å². The van der Waals surface area contributed by atoms with Crippen molar-refractivity contribution < 1.29 is 23.9 Å². The maximum absolute atomic E-state index is 11.5. The number of carbonyl (C=O) groups is 2. The zero-order valence-electron chi connectivity index (χ0n) is 10.7. The lowest BCUT2D eigenvalue weighted by Gasteiger charge is -2.23. The van der Waals surface area contributed by atoms with Crippen LogP contribution in [0.4, 0.5) is 0 Å². The van der Waals surface area contributed by atoms with Crippen LogP contribution in [0.25, 0.3) is 0 Å². The van der Waals surface area contributed by atoms with Crippen molar-refractivity contribution in [3.05, 3.63) is 0 Å². The van der Waals surface area contributed by atoms with Crippen molar-refractivity contribution in [3.8, 4) is 0 Å². The van der Waals surface area contributed by atoms with E-state index in [0.29, 0.717) is 19.5 Å². The van der Waals surface area contributed by atoms with Crippen LogP contribution >= 0.6 is 0 Å². The second kappa shape index (κ2) is 5.46. The molecule has 6 nitrogen and oxygen atoms in total. The average molecular weight is 245 g/mol. The topological polar surface area (TPSA) is 65.1 Å². The van der Waals surface area contributed by atoms with E-state index in [-0.39, 0.29) is 11.9 Å². The molecule has 2 unspecified atom stereocenters. The summed E-state index contributed by atoms with van der Waals surface area (Å²) >= 11 is 0. The van der Waals surface area contributed by atoms with Crippen LogP contribution < -0.4 is 0 Å². The van der Waals surface area contributed by atoms with Gasteiger partial charge in [-0.25, -0.2) is 4.79 Å². The van der Waals surface area contributed by atoms with Crippen LogP contribution in [-0.2, 0) is 23.9 Å². The third-order valence-corrected chi connectivity index (χ3v) is 2.87. The summed E-state index contributed by atoms with van der Waals surface area (Å²) in [6.45, 7) is 4.43. The van der Waals surface area contributed by atoms with Crippen LogP contribution in [-0.4, -0.2) is 49.9 Å². The van der Waals surface area contributed by atoms with E-state index in [2.05, 4.69) is 9.47 Å². The molecule has 1 saturated heterocycles. The van der Waals surface area contributed by atoms with Crippen molar-refractivity contribution in [1.82, 2.24) is 5.06 Å². The molecule has 0 aromatic heterocycles. The SMILES string of the molecule is COC(=O)C(C)CN1CCC(C)(C(=O)OC)O1. The zero-order valence-corrected chi connectivity index (χ0v) is 10.7. The molecule has 0 aromatic rings. The first-order valence-corrected chi connectivity index (χ1v) is 5.53. The number of hydrogen-bond donors (Lipinski definition) is 0. The number of nitrogens with zero attached hydrogens (tertiary/aromatic N) is 1. The van der Waals surface area contributed by atoms with Gasteiger partial charge in [-0.1, -0.05) is 6.92 Å². The lowest BCUT2D eigenvalue weighted by atomic mass is 10.0. The smallest absolute Gasteiger partial charge is 0.340 e. The molecule has 1 aliphatic heterocycles. The molecule has 0 saturated carbocycles. The van der Waals surface area contributed by atoms with E-state index in [1.54, 1.807) is 18.9 Å². The van der Waals surface area contributed by atoms with Crippen molar-refractivity contribution in [3.63, 3.8) is 0 Å². The van der Waals surface area contributed by atoms with Gasteiger partial charge in [0.05, 0.1) is 20.1 Å². The van der Waals surface area contributed by atoms with Gasteiger partial charge in [0, 0.05) is 19.5 Å². The van der Waals surface area contributed by atoms with Gasteiger partial charge in [-0.3, -0.25) is 9.63 Å². The molecule has 0 spiro atoms. The molecular weight excluding hydrogens is 226 g/mol. The molecule has 1 rings (SSSR count). The lowest BCUT2D eigenvalue weighted by Crippen LogP contribution is -2.38. The number of ether oxygens (including phenoxy) is 2. The molecule has 2 atom stereocenters. The van der Waals surface area contributed by atoms with Crippen molar-refractivity contribution in [2.24, 2.45) is 5.92 Å². The van der Waals surface area contributed by atoms with Crippen molar-refractivity contribution in [2.45, 2.75) is 25.9 Å². The Morgan fingerprint density at radius 3 is 2.59 bits per heavy atom. The van der Waals surface area contributed by atoms with Gasteiger partial charge in [-0.2, -0.15) is 5.06 Å². The average Bonchev–Trinajstić information content (AvgIpc) is 2.69. The predicted molar refractivity (Wildman–Crippen MR) is 58.9 cm³/mol. The minimum atomic E-state index is -0.940. The van der Waals surface area contributed by atoms with Crippen molar-refractivity contribution >= 4 is 11.9 Å². The summed E-state index contributed by atoms with van der Waals surface area (Å²) in [4.78, 5) is 28.3. The molecule has 6 heteroatoms. The normalized spacial score (nSPS) is 26.6. The van der Waals surface area contributed by atoms with Gasteiger partial charge < -0.3 is 9.47 Å². The van der Waals surface area contributed by atoms with Crippen LogP contribution in [0.2, 0.25) is 0 Å². The highest BCUT2D eigenvalue weighted by atomic mass is 16.7. The molecule has 0 radical (unpaired) electrons. The monoisotopic (exact) mass is 245 g/mol. The number of hydroxylamine groups is 2. The van der Waals surface area contributed by atoms with Crippen LogP contribution in [0.5, 0.6) is 0 Å². The Kier molecular flexibility index (Phi) is 4.47. The maximum atomic E-state index is 11.5. The fourth-order valence-corrected chi connectivity index (χ4v) is 1.78. The Morgan fingerprint density at radius 2 is 2.06 bits per heavy atom. The second-order valence-electron chi connectivity index (χ2n) is 4.38. The van der Waals surface area contributed by atoms with Crippen LogP contribution in [0, 0.1) is 5.92 Å². The standard InChI is InChI=1S/C11H19NO5/c1-8(9(13)15-3)7-12-6-5-11(2,17-12)10(14)16-4/h8H,5-7H2,1-4H3. The first kappa shape index (κ1) is 13.9. The largest absolute Gasteiger partial charge is 0.469 e. The van der Waals surface area contributed by atoms with Gasteiger partial charge >= 0.3 is 11.9 Å². The first-order valence-electron chi connectivity index (χ1n) is 5.53. The summed E-state index contributed by atoms with van der Waals surface area (Å²) in [6, 6.07) is 0. The molecule has 98 valence electrons. The molecule has 1 aliphatic rings. The highest BCUT2D eigenvalue weighted by Gasteiger charge is 2.43. The fraction of sp³-hybridized carbons (Fsp3) is 0.818. The van der Waals surface area contributed by atoms with E-state index < -0.39 is 11.6 Å². The van der Waals surface area contributed by atoms with E-state index in [9.17, 15) is 9.59 Å². The quantitative estimate of drug-likeness (QED) is 0.666. The number of carbonyl (C=O) groups excluding carboxylic acids is 2. The van der Waals surface area contributed by atoms with E-state index in [0.717, 1.165) is 0 Å². The van der Waals surface area contributed by atoms with Gasteiger partial charge in [0.15, 0.2) is 5.60 Å². The van der Waals surface area contributed by atoms with Gasteiger partial charge in [0.2, 0.25) is 0 Å². The highest BCUT2D eigenvalue weighted by Crippen LogP contribution is 2.27. The summed E-state index contributed by atoms with van der Waals surface area (Å²) in [7, 11) is 2.68. The molecule has 0 N–H and O–H groups in total. The Bertz CT molecular complexity index is 306. The number of esters is 2. The molecular formula is C11H19NO5. The van der Waals surface area contributed by atoms with Gasteiger partial charge in [-0.15, -0.1) is 0 Å². The predicted octanol–water partition coefficient (Wildman–Crippen LogP) is 0.364. The molecule has 1 fully saturated rings. The number of methoxy groups -OCH3 is 2. The Morgan fingerprint density at radius 1 is 1.41 bits per heavy atom. The lowest BCUT2D eigenvalue weighted by molar-refractivity contribution is -0.211. The summed E-state index contributed by atoms with van der Waals surface area (Å²) in [6.07, 6.45) is 0.549. The van der Waals surface area contributed by atoms with Crippen molar-refractivity contribution in [1.29, 1.82) is 0 Å². The van der Waals surface area contributed by atoms with E-state index in [1.165, 1.54) is 14.2 Å². The third kappa shape index (κ3) is 3.17. The fourth-order valence-electron chi connectivity index (χ4n) is 1.78. The second-order valence-corrected chi connectivity index (χ2v) is 4.38. The molecule has 1 heterocycles. The third-order valence-electron chi connectivity index (χ3n) is 2.87. The minimum absolute atomic E-state index is 0.291. The number of hydrogen-bond acceptors (Lipinski definition) is 6. The van der Waals surface area contributed by atoms with E-state index >= 15 is 0 Å². The van der Waals surface area contributed by atoms with Gasteiger partial charge in [0.1, 0.15) is 0 Å². The summed E-state index contributed by atoms with van der Waals surface area (Å²) < 4.78 is 9.31. The Balaban J connectivity index is 2.51. The highest BCUT2D eigenvalue weighted by molar-refractivity contribution is 5.79. The molecule has 0 aliphatic carbocycles. The maximum Gasteiger partial charge on any atom is 0.340 e. The van der Waals surface area contributed by atoms with Gasteiger partial charge in [-0.05, 0) is 6.92 Å². The summed E-state index contributed by atoms with van der Waals surface area (Å²) in [5.41, 5.74) is -0.940. The Labute approximate surface area is 101 Å². The summed E-state index contributed by atoms with van der Waals surface area (Å²) in [5.74, 6) is -0.981. The zero-order chi connectivity index (χ0) is 13.1. The van der Waals surface area contributed by atoms with Gasteiger partial charge in [0.25, 0.3) is 0 Å². The minimum Gasteiger partial charge on any atom is -0.469 e. The van der Waals surface area contributed by atoms with Crippen LogP contribution in [0.15, 0.2) is 0 Å². The Hall–Kier alpha value is -1.14. The summed E-state index contributed by atoms with van der Waals surface area (Å²) in [5, 5.41) is 1.61. The van der Waals surface area contributed by atoms with Crippen molar-refractivity contribution in [2.75, 3.05) is 27.3 Å². The molecule has 0 aromatic carbocycles.